The SMILES string of the molecule is CCOC(=O)[C@]1(NS(=O)(=O)c2ccc(OC(F)(F)F)cc2)CCc2ccccc21. The van der Waals surface area contributed by atoms with Crippen molar-refractivity contribution < 1.29 is 35.9 Å². The second-order valence-electron chi connectivity index (χ2n) is 6.41. The average Bonchev–Trinajstić information content (AvgIpc) is 3.00. The predicted molar refractivity (Wildman–Crippen MR) is 96.5 cm³/mol. The smallest absolute Gasteiger partial charge is 0.464 e. The third-order valence-corrected chi connectivity index (χ3v) is 6.06. The first kappa shape index (κ1) is 21.1. The van der Waals surface area contributed by atoms with Crippen molar-refractivity contribution in [3.05, 3.63) is 59.7 Å². The average molecular weight is 429 g/mol. The fraction of sp³-hybridized carbons (Fsp3) is 0.316. The molecule has 0 radical (unpaired) electrons. The van der Waals surface area contributed by atoms with Gasteiger partial charge in [-0.2, -0.15) is 4.72 Å². The molecule has 10 heteroatoms. The zero-order chi connectivity index (χ0) is 21.3. The number of carbonyl (C=O) groups is 1. The zero-order valence-electron chi connectivity index (χ0n) is 15.3. The van der Waals surface area contributed by atoms with Crippen LogP contribution in [0.3, 0.4) is 0 Å². The van der Waals surface area contributed by atoms with Gasteiger partial charge in [0.05, 0.1) is 11.5 Å². The van der Waals surface area contributed by atoms with Gasteiger partial charge in [-0.15, -0.1) is 13.2 Å². The van der Waals surface area contributed by atoms with Crippen molar-refractivity contribution in [1.29, 1.82) is 0 Å². The molecule has 0 saturated heterocycles. The van der Waals surface area contributed by atoms with Crippen LogP contribution in [0.5, 0.6) is 5.75 Å². The number of aryl methyl sites for hydroxylation is 1. The zero-order valence-corrected chi connectivity index (χ0v) is 16.1. The van der Waals surface area contributed by atoms with E-state index in [1.165, 1.54) is 0 Å². The summed E-state index contributed by atoms with van der Waals surface area (Å²) < 4.78 is 74.0. The molecule has 2 aromatic carbocycles. The van der Waals surface area contributed by atoms with Gasteiger partial charge in [-0.3, -0.25) is 0 Å². The fourth-order valence-corrected chi connectivity index (χ4v) is 4.70. The molecule has 0 fully saturated rings. The number of ether oxygens (including phenoxy) is 2. The van der Waals surface area contributed by atoms with Crippen LogP contribution >= 0.6 is 0 Å². The van der Waals surface area contributed by atoms with E-state index in [1.54, 1.807) is 31.2 Å². The van der Waals surface area contributed by atoms with Crippen LogP contribution in [0.25, 0.3) is 0 Å². The Labute approximate surface area is 165 Å². The minimum Gasteiger partial charge on any atom is -0.464 e. The molecule has 0 amide bonds. The molecule has 0 heterocycles. The number of hydrogen-bond donors (Lipinski definition) is 1. The Morgan fingerprint density at radius 1 is 1.14 bits per heavy atom. The molecule has 1 aliphatic carbocycles. The molecule has 0 aliphatic heterocycles. The second kappa shape index (κ2) is 7.68. The predicted octanol–water partition coefficient (Wildman–Crippen LogP) is 3.27. The van der Waals surface area contributed by atoms with Crippen molar-refractivity contribution in [3.8, 4) is 5.75 Å². The molecule has 0 bridgehead atoms. The molecule has 0 saturated carbocycles. The first-order chi connectivity index (χ1) is 13.6. The standard InChI is InChI=1S/C19H18F3NO5S/c1-2-27-17(24)18(12-11-13-5-3-4-6-16(13)18)23-29(25,26)15-9-7-14(8-10-15)28-19(20,21)22/h3-10,23H,2,11-12H2,1H3/t18-/m0/s1. The van der Waals surface area contributed by atoms with Gasteiger partial charge >= 0.3 is 12.3 Å². The van der Waals surface area contributed by atoms with Crippen LogP contribution < -0.4 is 9.46 Å². The number of benzene rings is 2. The number of carbonyl (C=O) groups excluding carboxylic acids is 1. The number of halogens is 3. The lowest BCUT2D eigenvalue weighted by Gasteiger charge is -2.29. The first-order valence-corrected chi connectivity index (χ1v) is 10.2. The summed E-state index contributed by atoms with van der Waals surface area (Å²) in [6.07, 6.45) is -4.25. The maximum atomic E-state index is 12.9. The Morgan fingerprint density at radius 3 is 2.41 bits per heavy atom. The van der Waals surface area contributed by atoms with E-state index in [0.29, 0.717) is 12.0 Å². The summed E-state index contributed by atoms with van der Waals surface area (Å²) in [5.74, 6) is -1.28. The molecule has 0 spiro atoms. The molecule has 0 unspecified atom stereocenters. The van der Waals surface area contributed by atoms with Crippen LogP contribution in [0.4, 0.5) is 13.2 Å². The number of alkyl halides is 3. The van der Waals surface area contributed by atoms with Gasteiger partial charge in [-0.1, -0.05) is 24.3 Å². The first-order valence-electron chi connectivity index (χ1n) is 8.73. The van der Waals surface area contributed by atoms with Crippen molar-refractivity contribution in [2.45, 2.75) is 36.6 Å². The van der Waals surface area contributed by atoms with E-state index in [-0.39, 0.29) is 17.9 Å². The molecule has 6 nitrogen and oxygen atoms in total. The Balaban J connectivity index is 1.95. The summed E-state index contributed by atoms with van der Waals surface area (Å²) in [6.45, 7) is 1.67. The van der Waals surface area contributed by atoms with Crippen LogP contribution in [0.15, 0.2) is 53.4 Å². The van der Waals surface area contributed by atoms with Gasteiger partial charge in [0.2, 0.25) is 10.0 Å². The van der Waals surface area contributed by atoms with Gasteiger partial charge in [0.1, 0.15) is 5.75 Å². The Morgan fingerprint density at radius 2 is 1.79 bits per heavy atom. The van der Waals surface area contributed by atoms with Gasteiger partial charge in [-0.05, 0) is 55.2 Å². The molecule has 29 heavy (non-hydrogen) atoms. The van der Waals surface area contributed by atoms with Crippen molar-refractivity contribution in [2.24, 2.45) is 0 Å². The highest BCUT2D eigenvalue weighted by atomic mass is 32.2. The normalized spacial score (nSPS) is 18.9. The third kappa shape index (κ3) is 4.38. The molecule has 2 aromatic rings. The van der Waals surface area contributed by atoms with Gasteiger partial charge < -0.3 is 9.47 Å². The third-order valence-electron chi connectivity index (χ3n) is 4.55. The molecule has 3 rings (SSSR count). The fourth-order valence-electron chi connectivity index (χ4n) is 3.33. The van der Waals surface area contributed by atoms with Crippen LogP contribution in [0.2, 0.25) is 0 Å². The summed E-state index contributed by atoms with van der Waals surface area (Å²) >= 11 is 0. The minimum atomic E-state index is -4.89. The number of fused-ring (bicyclic) bond motifs is 1. The number of hydrogen-bond acceptors (Lipinski definition) is 5. The maximum absolute atomic E-state index is 12.9. The Kier molecular flexibility index (Phi) is 5.59. The van der Waals surface area contributed by atoms with Crippen molar-refractivity contribution >= 4 is 16.0 Å². The van der Waals surface area contributed by atoms with E-state index in [1.807, 2.05) is 0 Å². The number of sulfonamides is 1. The molecular formula is C19H18F3NO5S. The van der Waals surface area contributed by atoms with E-state index in [4.69, 9.17) is 4.74 Å². The van der Waals surface area contributed by atoms with Crippen molar-refractivity contribution in [1.82, 2.24) is 4.72 Å². The van der Waals surface area contributed by atoms with E-state index in [2.05, 4.69) is 9.46 Å². The van der Waals surface area contributed by atoms with Crippen LogP contribution in [-0.2, 0) is 31.5 Å². The Hall–Kier alpha value is -2.59. The highest BCUT2D eigenvalue weighted by Gasteiger charge is 2.49. The quantitative estimate of drug-likeness (QED) is 0.713. The van der Waals surface area contributed by atoms with E-state index >= 15 is 0 Å². The van der Waals surface area contributed by atoms with Crippen LogP contribution in [0, 0.1) is 0 Å². The molecule has 1 N–H and O–H groups in total. The Bertz CT molecular complexity index is 1010. The molecule has 156 valence electrons. The highest BCUT2D eigenvalue weighted by Crippen LogP contribution is 2.39. The van der Waals surface area contributed by atoms with Gasteiger partial charge in [0, 0.05) is 0 Å². The number of esters is 1. The summed E-state index contributed by atoms with van der Waals surface area (Å²) in [5.41, 5.74) is -0.289. The molecule has 0 aromatic heterocycles. The summed E-state index contributed by atoms with van der Waals surface area (Å²) in [5, 5.41) is 0. The van der Waals surface area contributed by atoms with Crippen molar-refractivity contribution in [2.75, 3.05) is 6.61 Å². The lowest BCUT2D eigenvalue weighted by Crippen LogP contribution is -2.51. The summed E-state index contributed by atoms with van der Waals surface area (Å²) in [7, 11) is -4.26. The lowest BCUT2D eigenvalue weighted by molar-refractivity contribution is -0.274. The van der Waals surface area contributed by atoms with E-state index in [0.717, 1.165) is 29.8 Å². The monoisotopic (exact) mass is 429 g/mol. The summed E-state index contributed by atoms with van der Waals surface area (Å²) in [4.78, 5) is 12.5. The number of rotatable bonds is 6. The topological polar surface area (TPSA) is 81.7 Å². The largest absolute Gasteiger partial charge is 0.573 e. The summed E-state index contributed by atoms with van der Waals surface area (Å²) in [6, 6.07) is 10.7. The molecular weight excluding hydrogens is 411 g/mol. The van der Waals surface area contributed by atoms with Gasteiger partial charge in [0.15, 0.2) is 5.54 Å². The van der Waals surface area contributed by atoms with Crippen LogP contribution in [0.1, 0.15) is 24.5 Å². The maximum Gasteiger partial charge on any atom is 0.573 e. The minimum absolute atomic E-state index is 0.0634. The van der Waals surface area contributed by atoms with Gasteiger partial charge in [-0.25, -0.2) is 13.2 Å². The van der Waals surface area contributed by atoms with E-state index < -0.39 is 33.6 Å². The van der Waals surface area contributed by atoms with Crippen LogP contribution in [-0.4, -0.2) is 27.4 Å². The van der Waals surface area contributed by atoms with E-state index in [9.17, 15) is 26.4 Å². The highest BCUT2D eigenvalue weighted by molar-refractivity contribution is 7.89. The van der Waals surface area contributed by atoms with Crippen molar-refractivity contribution in [3.63, 3.8) is 0 Å². The van der Waals surface area contributed by atoms with Gasteiger partial charge in [0.25, 0.3) is 0 Å². The second-order valence-corrected chi connectivity index (χ2v) is 8.09. The number of nitrogens with one attached hydrogen (secondary N) is 1. The lowest BCUT2D eigenvalue weighted by atomic mass is 9.93. The molecule has 1 atom stereocenters. The molecule has 1 aliphatic rings.